The van der Waals surface area contributed by atoms with Gasteiger partial charge in [0.2, 0.25) is 0 Å². The van der Waals surface area contributed by atoms with E-state index in [1.54, 1.807) is 13.0 Å². The number of H-pyrrole nitrogens is 1. The third-order valence-corrected chi connectivity index (χ3v) is 4.45. The highest BCUT2D eigenvalue weighted by atomic mass is 19.1. The predicted octanol–water partition coefficient (Wildman–Crippen LogP) is 1.54. The highest BCUT2D eigenvalue weighted by Gasteiger charge is 2.35. The van der Waals surface area contributed by atoms with E-state index >= 15 is 0 Å². The zero-order valence-corrected chi connectivity index (χ0v) is 12.8. The summed E-state index contributed by atoms with van der Waals surface area (Å²) in [6, 6.07) is 4.14. The lowest BCUT2D eigenvalue weighted by molar-refractivity contribution is 0.0915. The molecule has 0 aliphatic heterocycles. The van der Waals surface area contributed by atoms with Crippen molar-refractivity contribution in [2.75, 3.05) is 6.54 Å². The summed E-state index contributed by atoms with van der Waals surface area (Å²) in [5, 5.41) is 19.6. The zero-order valence-electron chi connectivity index (χ0n) is 12.8. The van der Waals surface area contributed by atoms with E-state index in [1.807, 2.05) is 0 Å². The Kier molecular flexibility index (Phi) is 4.38. The van der Waals surface area contributed by atoms with Crippen LogP contribution < -0.4 is 5.32 Å². The molecule has 1 saturated carbocycles. The van der Waals surface area contributed by atoms with E-state index in [0.29, 0.717) is 18.5 Å². The number of nitrogens with zero attached hydrogens (tertiary/aromatic N) is 2. The average molecular weight is 318 g/mol. The molecule has 6 nitrogen and oxygen atoms in total. The fraction of sp³-hybridized carbons (Fsp3) is 0.438. The SMILES string of the molecule is Cc1ccc(F)cc1C(=O)NC[C@@H]1C[C@@H](c2ncn[nH]2)C[C@@H]1O. The Morgan fingerprint density at radius 1 is 1.48 bits per heavy atom. The second kappa shape index (κ2) is 6.45. The molecule has 0 saturated heterocycles. The molecule has 7 heteroatoms. The molecule has 1 fully saturated rings. The Hall–Kier alpha value is -2.28. The Labute approximate surface area is 133 Å². The summed E-state index contributed by atoms with van der Waals surface area (Å²) < 4.78 is 13.3. The topological polar surface area (TPSA) is 90.9 Å². The number of aryl methyl sites for hydroxylation is 1. The molecule has 3 rings (SSSR count). The molecular formula is C16H19FN4O2. The maximum atomic E-state index is 13.3. The molecule has 0 spiro atoms. The van der Waals surface area contributed by atoms with Crippen molar-refractivity contribution in [1.82, 2.24) is 20.5 Å². The normalized spacial score (nSPS) is 23.9. The van der Waals surface area contributed by atoms with Gasteiger partial charge in [-0.3, -0.25) is 9.89 Å². The van der Waals surface area contributed by atoms with Gasteiger partial charge in [-0.25, -0.2) is 9.37 Å². The summed E-state index contributed by atoms with van der Waals surface area (Å²) in [5.74, 6) is 0.0661. The molecule has 3 N–H and O–H groups in total. The highest BCUT2D eigenvalue weighted by molar-refractivity contribution is 5.95. The monoisotopic (exact) mass is 318 g/mol. The molecule has 2 aromatic rings. The van der Waals surface area contributed by atoms with Crippen LogP contribution in [0, 0.1) is 18.7 Å². The molecule has 1 amide bonds. The first-order valence-electron chi connectivity index (χ1n) is 7.62. The van der Waals surface area contributed by atoms with Crippen molar-refractivity contribution in [3.8, 4) is 0 Å². The van der Waals surface area contributed by atoms with Crippen LogP contribution in [0.4, 0.5) is 4.39 Å². The molecule has 1 aromatic carbocycles. The fourth-order valence-electron chi connectivity index (χ4n) is 3.11. The van der Waals surface area contributed by atoms with E-state index in [0.717, 1.165) is 17.8 Å². The second-order valence-electron chi connectivity index (χ2n) is 6.04. The number of aliphatic hydroxyl groups excluding tert-OH is 1. The first-order chi connectivity index (χ1) is 11.0. The van der Waals surface area contributed by atoms with Crippen molar-refractivity contribution in [3.05, 3.63) is 47.3 Å². The Morgan fingerprint density at radius 2 is 2.30 bits per heavy atom. The van der Waals surface area contributed by atoms with Gasteiger partial charge in [-0.1, -0.05) is 6.07 Å². The summed E-state index contributed by atoms with van der Waals surface area (Å²) in [7, 11) is 0. The van der Waals surface area contributed by atoms with E-state index in [2.05, 4.69) is 20.5 Å². The zero-order chi connectivity index (χ0) is 16.4. The molecule has 1 aromatic heterocycles. The van der Waals surface area contributed by atoms with Gasteiger partial charge in [-0.2, -0.15) is 5.10 Å². The first-order valence-corrected chi connectivity index (χ1v) is 7.62. The summed E-state index contributed by atoms with van der Waals surface area (Å²) >= 11 is 0. The van der Waals surface area contributed by atoms with Gasteiger partial charge in [0.15, 0.2) is 0 Å². The van der Waals surface area contributed by atoms with Crippen LogP contribution in [0.3, 0.4) is 0 Å². The minimum Gasteiger partial charge on any atom is -0.393 e. The number of aliphatic hydroxyl groups is 1. The van der Waals surface area contributed by atoms with Crippen LogP contribution in [0.25, 0.3) is 0 Å². The maximum Gasteiger partial charge on any atom is 0.251 e. The van der Waals surface area contributed by atoms with E-state index in [1.165, 1.54) is 18.5 Å². The molecule has 23 heavy (non-hydrogen) atoms. The molecule has 1 heterocycles. The quantitative estimate of drug-likeness (QED) is 0.797. The van der Waals surface area contributed by atoms with Crippen molar-refractivity contribution in [3.63, 3.8) is 0 Å². The van der Waals surface area contributed by atoms with Gasteiger partial charge in [0.25, 0.3) is 5.91 Å². The maximum absolute atomic E-state index is 13.3. The lowest BCUT2D eigenvalue weighted by Crippen LogP contribution is -2.32. The lowest BCUT2D eigenvalue weighted by Gasteiger charge is -2.15. The molecule has 0 bridgehead atoms. The first kappa shape index (κ1) is 15.6. The van der Waals surface area contributed by atoms with Crippen molar-refractivity contribution < 1.29 is 14.3 Å². The van der Waals surface area contributed by atoms with Crippen LogP contribution in [0.5, 0.6) is 0 Å². The van der Waals surface area contributed by atoms with E-state index < -0.39 is 11.9 Å². The van der Waals surface area contributed by atoms with E-state index in [9.17, 15) is 14.3 Å². The average Bonchev–Trinajstić information content (AvgIpc) is 3.17. The van der Waals surface area contributed by atoms with Crippen molar-refractivity contribution in [2.24, 2.45) is 5.92 Å². The minimum atomic E-state index is -0.501. The summed E-state index contributed by atoms with van der Waals surface area (Å²) in [6.07, 6.45) is 2.26. The minimum absolute atomic E-state index is 0.0529. The number of amides is 1. The van der Waals surface area contributed by atoms with Crippen molar-refractivity contribution >= 4 is 5.91 Å². The van der Waals surface area contributed by atoms with Gasteiger partial charge >= 0.3 is 0 Å². The molecule has 0 radical (unpaired) electrons. The molecule has 122 valence electrons. The van der Waals surface area contributed by atoms with Crippen LogP contribution in [0.2, 0.25) is 0 Å². The number of aromatic amines is 1. The third-order valence-electron chi connectivity index (χ3n) is 4.45. The Morgan fingerprint density at radius 3 is 3.04 bits per heavy atom. The molecular weight excluding hydrogens is 299 g/mol. The molecule has 0 unspecified atom stereocenters. The van der Waals surface area contributed by atoms with Gasteiger partial charge in [0, 0.05) is 23.9 Å². The van der Waals surface area contributed by atoms with Crippen LogP contribution in [-0.2, 0) is 0 Å². The number of hydrogen-bond donors (Lipinski definition) is 3. The van der Waals surface area contributed by atoms with Gasteiger partial charge in [-0.05, 0) is 37.5 Å². The van der Waals surface area contributed by atoms with E-state index in [-0.39, 0.29) is 17.7 Å². The number of hydrogen-bond acceptors (Lipinski definition) is 4. The largest absolute Gasteiger partial charge is 0.393 e. The Bertz CT molecular complexity index is 689. The van der Waals surface area contributed by atoms with Gasteiger partial charge in [-0.15, -0.1) is 0 Å². The van der Waals surface area contributed by atoms with Crippen molar-refractivity contribution in [2.45, 2.75) is 31.8 Å². The third kappa shape index (κ3) is 3.39. The number of aromatic nitrogens is 3. The van der Waals surface area contributed by atoms with Crippen molar-refractivity contribution in [1.29, 1.82) is 0 Å². The van der Waals surface area contributed by atoms with Gasteiger partial charge < -0.3 is 10.4 Å². The number of carbonyl (C=O) groups is 1. The molecule has 1 aliphatic rings. The fourth-order valence-corrected chi connectivity index (χ4v) is 3.11. The lowest BCUT2D eigenvalue weighted by atomic mass is 10.0. The van der Waals surface area contributed by atoms with Crippen LogP contribution in [0.1, 0.15) is 40.5 Å². The second-order valence-corrected chi connectivity index (χ2v) is 6.04. The van der Waals surface area contributed by atoms with E-state index in [4.69, 9.17) is 0 Å². The predicted molar refractivity (Wildman–Crippen MR) is 81.3 cm³/mol. The standard InChI is InChI=1S/C16H19FN4O2/c1-9-2-3-12(17)6-13(9)16(23)18-7-11-4-10(5-14(11)22)15-19-8-20-21-15/h2-3,6,8,10-11,14,22H,4-5,7H2,1H3,(H,18,23)(H,19,20,21)/t10-,11+,14+/m1/s1. The highest BCUT2D eigenvalue weighted by Crippen LogP contribution is 2.36. The van der Waals surface area contributed by atoms with Gasteiger partial charge in [0.1, 0.15) is 18.0 Å². The molecule has 1 aliphatic carbocycles. The van der Waals surface area contributed by atoms with Crippen LogP contribution in [0.15, 0.2) is 24.5 Å². The number of rotatable bonds is 4. The smallest absolute Gasteiger partial charge is 0.251 e. The summed E-state index contributed by atoms with van der Waals surface area (Å²) in [4.78, 5) is 16.3. The number of carbonyl (C=O) groups excluding carboxylic acids is 1. The number of halogens is 1. The number of benzene rings is 1. The van der Waals surface area contributed by atoms with Crippen LogP contribution >= 0.6 is 0 Å². The summed E-state index contributed by atoms with van der Waals surface area (Å²) in [5.41, 5.74) is 1.04. The molecule has 3 atom stereocenters. The number of nitrogens with one attached hydrogen (secondary N) is 2. The van der Waals surface area contributed by atoms with Gasteiger partial charge in [0.05, 0.1) is 6.10 Å². The summed E-state index contributed by atoms with van der Waals surface area (Å²) in [6.45, 7) is 2.11. The van der Waals surface area contributed by atoms with Crippen LogP contribution in [-0.4, -0.2) is 38.8 Å². The Balaban J connectivity index is 1.60.